The minimum atomic E-state index is -4.53. The van der Waals surface area contributed by atoms with Gasteiger partial charge in [0.15, 0.2) is 0 Å². The molecule has 43 heavy (non-hydrogen) atoms. The number of benzene rings is 4. The highest BCUT2D eigenvalue weighted by atomic mass is 32.2. The van der Waals surface area contributed by atoms with E-state index < -0.39 is 33.7 Å². The molecule has 1 saturated heterocycles. The van der Waals surface area contributed by atoms with E-state index in [-0.39, 0.29) is 34.6 Å². The second-order valence-corrected chi connectivity index (χ2v) is 11.7. The van der Waals surface area contributed by atoms with Gasteiger partial charge in [-0.1, -0.05) is 42.5 Å². The number of nitrogens with zero attached hydrogens (tertiary/aromatic N) is 3. The van der Waals surface area contributed by atoms with Crippen LogP contribution in [0.1, 0.15) is 33.6 Å². The van der Waals surface area contributed by atoms with Gasteiger partial charge < -0.3 is 4.84 Å². The first-order valence-electron chi connectivity index (χ1n) is 13.3. The summed E-state index contributed by atoms with van der Waals surface area (Å²) < 4.78 is 31.1. The Balaban J connectivity index is 1.45. The van der Waals surface area contributed by atoms with Gasteiger partial charge in [-0.25, -0.2) is 13.2 Å². The second kappa shape index (κ2) is 10.8. The number of carbonyl (C=O) groups is 4. The van der Waals surface area contributed by atoms with Gasteiger partial charge in [0.25, 0.3) is 27.7 Å². The van der Waals surface area contributed by atoms with Crippen LogP contribution >= 0.6 is 0 Å². The van der Waals surface area contributed by atoms with Gasteiger partial charge in [-0.2, -0.15) is 8.87 Å². The molecule has 0 saturated carbocycles. The predicted molar refractivity (Wildman–Crippen MR) is 156 cm³/mol. The Bertz CT molecular complexity index is 1990. The van der Waals surface area contributed by atoms with E-state index in [1.807, 2.05) is 35.9 Å². The van der Waals surface area contributed by atoms with E-state index in [1.54, 1.807) is 42.5 Å². The number of amides is 3. The van der Waals surface area contributed by atoms with E-state index in [1.165, 1.54) is 36.4 Å². The van der Waals surface area contributed by atoms with Crippen molar-refractivity contribution in [1.29, 1.82) is 0 Å². The lowest BCUT2D eigenvalue weighted by Crippen LogP contribution is -2.39. The smallest absolute Gasteiger partial charge is 0.325 e. The van der Waals surface area contributed by atoms with E-state index in [2.05, 4.69) is 0 Å². The molecule has 0 aliphatic carbocycles. The highest BCUT2D eigenvalue weighted by molar-refractivity contribution is 7.93. The zero-order valence-corrected chi connectivity index (χ0v) is 23.7. The van der Waals surface area contributed by atoms with Crippen molar-refractivity contribution >= 4 is 61.2 Å². The minimum Gasteiger partial charge on any atom is -0.325 e. The van der Waals surface area contributed by atoms with Crippen molar-refractivity contribution in [3.63, 3.8) is 0 Å². The van der Waals surface area contributed by atoms with Crippen molar-refractivity contribution in [3.05, 3.63) is 114 Å². The average molecular weight is 595 g/mol. The fourth-order valence-electron chi connectivity index (χ4n) is 5.15. The summed E-state index contributed by atoms with van der Waals surface area (Å²) in [5.74, 6) is -3.03. The normalized spacial score (nSPS) is 13.5. The summed E-state index contributed by atoms with van der Waals surface area (Å²) in [7, 11) is -2.64. The number of rotatable bonds is 6. The lowest BCUT2D eigenvalue weighted by atomic mass is 10.0. The molecule has 0 atom stereocenters. The first kappa shape index (κ1) is 27.7. The maximum absolute atomic E-state index is 14.5. The Kier molecular flexibility index (Phi) is 6.95. The fraction of sp³-hybridized carbons (Fsp3) is 0.0938. The topological polar surface area (TPSA) is 122 Å². The summed E-state index contributed by atoms with van der Waals surface area (Å²) in [6.45, 7) is 0. The van der Waals surface area contributed by atoms with Crippen LogP contribution < -0.4 is 8.87 Å². The van der Waals surface area contributed by atoms with Crippen molar-refractivity contribution in [3.8, 4) is 0 Å². The molecule has 3 amide bonds. The third-order valence-corrected chi connectivity index (χ3v) is 8.99. The molecule has 0 bridgehead atoms. The van der Waals surface area contributed by atoms with E-state index in [9.17, 15) is 27.6 Å². The molecule has 10 nitrogen and oxygen atoms in total. The van der Waals surface area contributed by atoms with Crippen molar-refractivity contribution in [1.82, 2.24) is 5.06 Å². The van der Waals surface area contributed by atoms with Crippen molar-refractivity contribution in [2.75, 3.05) is 4.31 Å². The molecule has 1 aromatic heterocycles. The number of aromatic nitrogens is 1. The number of imide groups is 1. The number of para-hydroxylation sites is 3. The summed E-state index contributed by atoms with van der Waals surface area (Å²) >= 11 is 0. The number of hydrogen-bond donors (Lipinski definition) is 0. The van der Waals surface area contributed by atoms with Crippen LogP contribution in [0.5, 0.6) is 0 Å². The molecule has 1 aliphatic heterocycles. The predicted octanol–water partition coefficient (Wildman–Crippen LogP) is 4.07. The third kappa shape index (κ3) is 4.79. The highest BCUT2D eigenvalue weighted by Gasteiger charge is 2.36. The van der Waals surface area contributed by atoms with Gasteiger partial charge in [-0.05, 0) is 48.5 Å². The van der Waals surface area contributed by atoms with Crippen LogP contribution in [0.3, 0.4) is 0 Å². The van der Waals surface area contributed by atoms with Crippen molar-refractivity contribution in [2.45, 2.75) is 17.7 Å². The molecule has 4 aromatic carbocycles. The molecule has 1 fully saturated rings. The van der Waals surface area contributed by atoms with Gasteiger partial charge in [-0.3, -0.25) is 14.4 Å². The average Bonchev–Trinajstić information content (AvgIpc) is 3.34. The molecule has 2 heterocycles. The van der Waals surface area contributed by atoms with E-state index in [0.29, 0.717) is 15.8 Å². The molecule has 214 valence electrons. The quantitative estimate of drug-likeness (QED) is 0.165. The van der Waals surface area contributed by atoms with Gasteiger partial charge >= 0.3 is 5.97 Å². The standard InChI is InChI=1S/C32H24N3O7S/c1-33-26-13-7-5-11-24(26)30(25-12-6-8-14-27(25)33)31(38)35(22-9-3-2-4-10-22)43(40,41)23-17-15-21(16-18-23)32(39)42-34-28(36)19-20-29(34)37/h2-18H,19-20H2,1H3/q+1. The molecule has 0 N–H and O–H groups in total. The van der Waals surface area contributed by atoms with Crippen LogP contribution in [0.2, 0.25) is 0 Å². The van der Waals surface area contributed by atoms with Crippen LogP contribution in [0.4, 0.5) is 5.69 Å². The Morgan fingerprint density at radius 3 is 1.81 bits per heavy atom. The molecule has 0 radical (unpaired) electrons. The van der Waals surface area contributed by atoms with Crippen LogP contribution in [-0.4, -0.2) is 37.2 Å². The van der Waals surface area contributed by atoms with E-state index in [4.69, 9.17) is 4.84 Å². The zero-order valence-electron chi connectivity index (χ0n) is 22.8. The second-order valence-electron chi connectivity index (χ2n) is 9.86. The lowest BCUT2D eigenvalue weighted by Gasteiger charge is -2.24. The van der Waals surface area contributed by atoms with Gasteiger partial charge in [0.2, 0.25) is 11.0 Å². The molecule has 1 aliphatic rings. The number of fused-ring (bicyclic) bond motifs is 2. The molecular weight excluding hydrogens is 570 g/mol. The zero-order chi connectivity index (χ0) is 30.3. The number of carbonyl (C=O) groups excluding carboxylic acids is 4. The van der Waals surface area contributed by atoms with E-state index >= 15 is 0 Å². The number of pyridine rings is 1. The number of aryl methyl sites for hydroxylation is 1. The maximum atomic E-state index is 14.5. The Morgan fingerprint density at radius 1 is 0.744 bits per heavy atom. The summed E-state index contributed by atoms with van der Waals surface area (Å²) in [6.07, 6.45) is -0.117. The van der Waals surface area contributed by atoms with Crippen LogP contribution in [-0.2, 0) is 31.5 Å². The Hall–Kier alpha value is -5.42. The SMILES string of the molecule is C[n+]1c2ccccc2c(C(=O)N(c2ccccc2)S(=O)(=O)c2ccc(C(=O)ON3C(=O)CCC3=O)cc2)c2ccccc21. The van der Waals surface area contributed by atoms with Crippen molar-refractivity contribution in [2.24, 2.45) is 7.05 Å². The third-order valence-electron chi connectivity index (χ3n) is 7.27. The summed E-state index contributed by atoms with van der Waals surface area (Å²) in [6, 6.07) is 27.3. The maximum Gasteiger partial charge on any atom is 0.363 e. The van der Waals surface area contributed by atoms with Crippen LogP contribution in [0, 0.1) is 0 Å². The molecule has 11 heteroatoms. The lowest BCUT2D eigenvalue weighted by molar-refractivity contribution is -0.617. The molecule has 5 aromatic rings. The van der Waals surface area contributed by atoms with Gasteiger partial charge in [0.05, 0.1) is 32.5 Å². The summed E-state index contributed by atoms with van der Waals surface area (Å²) in [4.78, 5) is 55.4. The Labute approximate surface area is 246 Å². The monoisotopic (exact) mass is 594 g/mol. The molecule has 0 unspecified atom stereocenters. The number of hydroxylamine groups is 2. The fourth-order valence-corrected chi connectivity index (χ4v) is 6.55. The van der Waals surface area contributed by atoms with Gasteiger partial charge in [-0.15, -0.1) is 5.06 Å². The molecular formula is C32H24N3O7S+. The van der Waals surface area contributed by atoms with E-state index in [0.717, 1.165) is 15.3 Å². The van der Waals surface area contributed by atoms with Gasteiger partial charge in [0, 0.05) is 25.0 Å². The molecule has 6 rings (SSSR count). The first-order chi connectivity index (χ1) is 20.7. The number of anilines is 1. The summed E-state index contributed by atoms with van der Waals surface area (Å²) in [5, 5.41) is 1.57. The largest absolute Gasteiger partial charge is 0.363 e. The first-order valence-corrected chi connectivity index (χ1v) is 14.7. The van der Waals surface area contributed by atoms with Gasteiger partial charge in [0.1, 0.15) is 7.05 Å². The number of sulfonamides is 1. The Morgan fingerprint density at radius 2 is 1.26 bits per heavy atom. The minimum absolute atomic E-state index is 0.0586. The molecule has 0 spiro atoms. The van der Waals surface area contributed by atoms with Crippen LogP contribution in [0.25, 0.3) is 21.8 Å². The summed E-state index contributed by atoms with van der Waals surface area (Å²) in [5.41, 5.74) is 1.75. The highest BCUT2D eigenvalue weighted by Crippen LogP contribution is 2.31. The van der Waals surface area contributed by atoms with Crippen molar-refractivity contribution < 1.29 is 37.0 Å². The number of hydrogen-bond acceptors (Lipinski definition) is 7. The van der Waals surface area contributed by atoms with Crippen LogP contribution in [0.15, 0.2) is 108 Å².